The average molecular weight is 471 g/mol. The third-order valence-electron chi connectivity index (χ3n) is 5.61. The molecule has 0 spiro atoms. The molecule has 0 aromatic heterocycles. The van der Waals surface area contributed by atoms with Crippen molar-refractivity contribution in [2.45, 2.75) is 19.6 Å². The molecule has 1 saturated heterocycles. The van der Waals surface area contributed by atoms with Crippen LogP contribution in [0.1, 0.15) is 29.7 Å². The van der Waals surface area contributed by atoms with E-state index in [4.69, 9.17) is 32.7 Å². The van der Waals surface area contributed by atoms with Crippen LogP contribution in [-0.4, -0.2) is 37.7 Å². The standard InChI is InChI=1S/C26H28Cl2N2O2/c1-2-31-24-17-20(11-12-23(24)32-18-19-7-4-3-5-8-19)26(30-15-13-29-14-16-30)21-9-6-10-22(27)25(21)28/h3-12,17,26,29H,2,13-16,18H2,1H3. The van der Waals surface area contributed by atoms with Gasteiger partial charge in [0.15, 0.2) is 11.5 Å². The lowest BCUT2D eigenvalue weighted by molar-refractivity contribution is 0.197. The zero-order valence-electron chi connectivity index (χ0n) is 18.2. The van der Waals surface area contributed by atoms with Crippen molar-refractivity contribution in [3.8, 4) is 11.5 Å². The number of hydrogen-bond donors (Lipinski definition) is 1. The highest BCUT2D eigenvalue weighted by Crippen LogP contribution is 2.40. The molecule has 0 radical (unpaired) electrons. The van der Waals surface area contributed by atoms with E-state index in [2.05, 4.69) is 40.5 Å². The number of nitrogens with zero attached hydrogens (tertiary/aromatic N) is 1. The average Bonchev–Trinajstić information content (AvgIpc) is 2.83. The van der Waals surface area contributed by atoms with E-state index in [-0.39, 0.29) is 6.04 Å². The lowest BCUT2D eigenvalue weighted by Gasteiger charge is -2.36. The summed E-state index contributed by atoms with van der Waals surface area (Å²) in [6.45, 7) is 6.74. The monoisotopic (exact) mass is 470 g/mol. The van der Waals surface area contributed by atoms with Gasteiger partial charge in [0.1, 0.15) is 6.61 Å². The van der Waals surface area contributed by atoms with Crippen molar-refractivity contribution in [3.05, 3.63) is 93.5 Å². The summed E-state index contributed by atoms with van der Waals surface area (Å²) in [5, 5.41) is 4.59. The highest BCUT2D eigenvalue weighted by Gasteiger charge is 2.27. The van der Waals surface area contributed by atoms with E-state index in [0.29, 0.717) is 23.3 Å². The van der Waals surface area contributed by atoms with Crippen LogP contribution in [0, 0.1) is 0 Å². The van der Waals surface area contributed by atoms with E-state index < -0.39 is 0 Å². The van der Waals surface area contributed by atoms with Crippen LogP contribution < -0.4 is 14.8 Å². The fraction of sp³-hybridized carbons (Fsp3) is 0.308. The maximum absolute atomic E-state index is 6.68. The summed E-state index contributed by atoms with van der Waals surface area (Å²) >= 11 is 13.1. The van der Waals surface area contributed by atoms with Crippen molar-refractivity contribution < 1.29 is 9.47 Å². The van der Waals surface area contributed by atoms with E-state index in [9.17, 15) is 0 Å². The molecule has 1 heterocycles. The quantitative estimate of drug-likeness (QED) is 0.439. The number of benzene rings is 3. The number of nitrogens with one attached hydrogen (secondary N) is 1. The minimum absolute atomic E-state index is 0.0225. The van der Waals surface area contributed by atoms with E-state index >= 15 is 0 Å². The smallest absolute Gasteiger partial charge is 0.161 e. The summed E-state index contributed by atoms with van der Waals surface area (Å²) in [5.74, 6) is 1.47. The summed E-state index contributed by atoms with van der Waals surface area (Å²) in [5.41, 5.74) is 3.22. The van der Waals surface area contributed by atoms with Gasteiger partial charge < -0.3 is 14.8 Å². The highest BCUT2D eigenvalue weighted by atomic mass is 35.5. The Morgan fingerprint density at radius 1 is 0.906 bits per heavy atom. The van der Waals surface area contributed by atoms with Crippen LogP contribution in [0.4, 0.5) is 0 Å². The molecule has 1 aliphatic heterocycles. The van der Waals surface area contributed by atoms with Gasteiger partial charge in [0.2, 0.25) is 0 Å². The number of rotatable bonds is 8. The predicted octanol–water partition coefficient (Wildman–Crippen LogP) is 5.97. The van der Waals surface area contributed by atoms with Gasteiger partial charge in [-0.3, -0.25) is 4.90 Å². The van der Waals surface area contributed by atoms with Crippen LogP contribution in [0.2, 0.25) is 10.0 Å². The van der Waals surface area contributed by atoms with Gasteiger partial charge >= 0.3 is 0 Å². The first kappa shape index (κ1) is 22.9. The first-order valence-electron chi connectivity index (χ1n) is 11.0. The summed E-state index contributed by atoms with van der Waals surface area (Å²) in [4.78, 5) is 2.43. The van der Waals surface area contributed by atoms with Crippen molar-refractivity contribution in [2.24, 2.45) is 0 Å². The molecule has 6 heteroatoms. The Morgan fingerprint density at radius 2 is 1.69 bits per heavy atom. The van der Waals surface area contributed by atoms with Crippen LogP contribution in [0.5, 0.6) is 11.5 Å². The van der Waals surface area contributed by atoms with Crippen molar-refractivity contribution >= 4 is 23.2 Å². The van der Waals surface area contributed by atoms with Gasteiger partial charge in [-0.25, -0.2) is 0 Å². The van der Waals surface area contributed by atoms with Crippen LogP contribution >= 0.6 is 23.2 Å². The number of hydrogen-bond acceptors (Lipinski definition) is 4. The van der Waals surface area contributed by atoms with Gasteiger partial charge in [0.25, 0.3) is 0 Å². The van der Waals surface area contributed by atoms with Gasteiger partial charge in [-0.15, -0.1) is 0 Å². The van der Waals surface area contributed by atoms with Crippen molar-refractivity contribution in [1.29, 1.82) is 0 Å². The first-order chi connectivity index (χ1) is 15.7. The SMILES string of the molecule is CCOc1cc(C(c2cccc(Cl)c2Cl)N2CCNCC2)ccc1OCc1ccccc1. The van der Waals surface area contributed by atoms with Crippen LogP contribution in [0.3, 0.4) is 0 Å². The maximum atomic E-state index is 6.68. The number of piperazine rings is 1. The second kappa shape index (κ2) is 11.1. The third-order valence-corrected chi connectivity index (χ3v) is 6.45. The van der Waals surface area contributed by atoms with Gasteiger partial charge in [0, 0.05) is 26.2 Å². The molecule has 3 aromatic carbocycles. The molecule has 3 aromatic rings. The second-order valence-electron chi connectivity index (χ2n) is 7.75. The minimum Gasteiger partial charge on any atom is -0.490 e. The lowest BCUT2D eigenvalue weighted by Crippen LogP contribution is -2.45. The number of ether oxygens (including phenoxy) is 2. The highest BCUT2D eigenvalue weighted by molar-refractivity contribution is 6.42. The molecule has 4 rings (SSSR count). The molecule has 1 fully saturated rings. The van der Waals surface area contributed by atoms with E-state index in [1.807, 2.05) is 43.3 Å². The third kappa shape index (κ3) is 5.38. The molecule has 1 atom stereocenters. The molecule has 1 N–H and O–H groups in total. The molecule has 0 saturated carbocycles. The molecule has 1 unspecified atom stereocenters. The molecule has 0 amide bonds. The molecular formula is C26H28Cl2N2O2. The fourth-order valence-electron chi connectivity index (χ4n) is 4.08. The Bertz CT molecular complexity index is 1020. The summed E-state index contributed by atoms with van der Waals surface area (Å²) in [7, 11) is 0. The van der Waals surface area contributed by atoms with Gasteiger partial charge in [-0.2, -0.15) is 0 Å². The van der Waals surface area contributed by atoms with E-state index in [0.717, 1.165) is 54.4 Å². The predicted molar refractivity (Wildman–Crippen MR) is 131 cm³/mol. The fourth-order valence-corrected chi connectivity index (χ4v) is 4.49. The minimum atomic E-state index is -0.0225. The molecule has 168 valence electrons. The van der Waals surface area contributed by atoms with Crippen LogP contribution in [-0.2, 0) is 6.61 Å². The Morgan fingerprint density at radius 3 is 2.44 bits per heavy atom. The molecule has 0 bridgehead atoms. The van der Waals surface area contributed by atoms with Gasteiger partial charge in [-0.05, 0) is 41.8 Å². The van der Waals surface area contributed by atoms with Crippen molar-refractivity contribution in [2.75, 3.05) is 32.8 Å². The molecular weight excluding hydrogens is 443 g/mol. The molecule has 4 nitrogen and oxygen atoms in total. The molecule has 1 aliphatic rings. The zero-order chi connectivity index (χ0) is 22.3. The van der Waals surface area contributed by atoms with Crippen LogP contribution in [0.15, 0.2) is 66.7 Å². The topological polar surface area (TPSA) is 33.7 Å². The zero-order valence-corrected chi connectivity index (χ0v) is 19.7. The molecule has 0 aliphatic carbocycles. The van der Waals surface area contributed by atoms with Gasteiger partial charge in [-0.1, -0.05) is 71.7 Å². The maximum Gasteiger partial charge on any atom is 0.161 e. The number of halogens is 2. The largest absolute Gasteiger partial charge is 0.490 e. The molecule has 32 heavy (non-hydrogen) atoms. The summed E-state index contributed by atoms with van der Waals surface area (Å²) in [6, 6.07) is 22.1. The lowest BCUT2D eigenvalue weighted by atomic mass is 9.96. The Balaban J connectivity index is 1.68. The normalized spacial score (nSPS) is 15.3. The van der Waals surface area contributed by atoms with E-state index in [1.54, 1.807) is 0 Å². The Hall–Kier alpha value is -2.24. The Kier molecular flexibility index (Phi) is 7.93. The summed E-state index contributed by atoms with van der Waals surface area (Å²) < 4.78 is 12.1. The summed E-state index contributed by atoms with van der Waals surface area (Å²) in [6.07, 6.45) is 0. The van der Waals surface area contributed by atoms with Crippen molar-refractivity contribution in [3.63, 3.8) is 0 Å². The van der Waals surface area contributed by atoms with Gasteiger partial charge in [0.05, 0.1) is 22.7 Å². The Labute approximate surface area is 200 Å². The van der Waals surface area contributed by atoms with E-state index in [1.165, 1.54) is 0 Å². The second-order valence-corrected chi connectivity index (χ2v) is 8.53. The van der Waals surface area contributed by atoms with Crippen LogP contribution in [0.25, 0.3) is 0 Å². The first-order valence-corrected chi connectivity index (χ1v) is 11.7. The van der Waals surface area contributed by atoms with Crippen molar-refractivity contribution in [1.82, 2.24) is 10.2 Å².